The lowest BCUT2D eigenvalue weighted by molar-refractivity contribution is -0.384. The Hall–Kier alpha value is -2.55. The molecule has 0 fully saturated rings. The molecule has 6 nitrogen and oxygen atoms in total. The van der Waals surface area contributed by atoms with Crippen LogP contribution in [0, 0.1) is 22.5 Å². The maximum absolute atomic E-state index is 11.2. The van der Waals surface area contributed by atoms with E-state index in [1.807, 2.05) is 0 Å². The predicted octanol–water partition coefficient (Wildman–Crippen LogP) is 2.17. The first-order valence-electron chi connectivity index (χ1n) is 4.75. The number of carbonyl (C=O) groups is 1. The second-order valence-corrected chi connectivity index (χ2v) is 3.02. The number of non-ortho nitro benzene ring substituents is 1. The van der Waals surface area contributed by atoms with E-state index in [0.29, 0.717) is 12.1 Å². The average molecular weight is 234 g/mol. The maximum Gasteiger partial charge on any atom is 0.411 e. The topological polar surface area (TPSA) is 81.5 Å². The summed E-state index contributed by atoms with van der Waals surface area (Å²) in [6.45, 7) is 0.134. The van der Waals surface area contributed by atoms with Crippen molar-refractivity contribution in [2.75, 3.05) is 11.9 Å². The summed E-state index contributed by atoms with van der Waals surface area (Å²) >= 11 is 0. The van der Waals surface area contributed by atoms with Crippen LogP contribution in [0.4, 0.5) is 16.2 Å². The van der Waals surface area contributed by atoms with Gasteiger partial charge in [-0.2, -0.15) is 0 Å². The Balaban J connectivity index is 2.49. The van der Waals surface area contributed by atoms with E-state index in [2.05, 4.69) is 11.2 Å². The van der Waals surface area contributed by atoms with Crippen molar-refractivity contribution >= 4 is 17.5 Å². The SMILES string of the molecule is C#CCCOC(=O)Nc1ccc([N+](=O)[O-])cc1. The number of nitro benzene ring substituents is 1. The maximum atomic E-state index is 11.2. The van der Waals surface area contributed by atoms with Crippen LogP contribution in [-0.4, -0.2) is 17.6 Å². The molecule has 6 heteroatoms. The van der Waals surface area contributed by atoms with Gasteiger partial charge in [-0.3, -0.25) is 15.4 Å². The Labute approximate surface area is 97.7 Å². The van der Waals surface area contributed by atoms with Gasteiger partial charge in [-0.05, 0) is 12.1 Å². The van der Waals surface area contributed by atoms with Crippen molar-refractivity contribution < 1.29 is 14.5 Å². The monoisotopic (exact) mass is 234 g/mol. The van der Waals surface area contributed by atoms with Gasteiger partial charge in [0.2, 0.25) is 0 Å². The molecule has 17 heavy (non-hydrogen) atoms. The first kappa shape index (κ1) is 12.5. The van der Waals surface area contributed by atoms with Gasteiger partial charge in [-0.1, -0.05) is 0 Å². The van der Waals surface area contributed by atoms with Gasteiger partial charge in [0.1, 0.15) is 6.61 Å². The number of nitrogens with one attached hydrogen (secondary N) is 1. The molecule has 0 aliphatic heterocycles. The number of hydrogen-bond acceptors (Lipinski definition) is 4. The molecule has 0 aliphatic carbocycles. The van der Waals surface area contributed by atoms with Gasteiger partial charge in [0.05, 0.1) is 4.92 Å². The third-order valence-corrected chi connectivity index (χ3v) is 1.80. The zero-order chi connectivity index (χ0) is 12.7. The van der Waals surface area contributed by atoms with Crippen LogP contribution in [0.1, 0.15) is 6.42 Å². The van der Waals surface area contributed by atoms with Gasteiger partial charge in [0, 0.05) is 24.2 Å². The Morgan fingerprint density at radius 3 is 2.65 bits per heavy atom. The van der Waals surface area contributed by atoms with E-state index in [1.165, 1.54) is 24.3 Å². The molecule has 0 aromatic heterocycles. The summed E-state index contributed by atoms with van der Waals surface area (Å²) in [6.07, 6.45) is 4.68. The lowest BCUT2D eigenvalue weighted by Crippen LogP contribution is -2.14. The summed E-state index contributed by atoms with van der Waals surface area (Å²) in [5, 5.41) is 12.8. The summed E-state index contributed by atoms with van der Waals surface area (Å²) in [5.74, 6) is 2.33. The van der Waals surface area contributed by atoms with Crippen LogP contribution in [0.15, 0.2) is 24.3 Å². The minimum absolute atomic E-state index is 0.0451. The van der Waals surface area contributed by atoms with Gasteiger partial charge < -0.3 is 4.74 Å². The van der Waals surface area contributed by atoms with Crippen molar-refractivity contribution in [3.63, 3.8) is 0 Å². The van der Waals surface area contributed by atoms with E-state index in [-0.39, 0.29) is 12.3 Å². The Morgan fingerprint density at radius 1 is 1.47 bits per heavy atom. The minimum atomic E-state index is -0.644. The molecule has 0 unspecified atom stereocenters. The third kappa shape index (κ3) is 4.22. The van der Waals surface area contributed by atoms with Crippen LogP contribution in [0.25, 0.3) is 0 Å². The standard InChI is InChI=1S/C11H10N2O4/c1-2-3-8-17-11(14)12-9-4-6-10(7-5-9)13(15)16/h1,4-7H,3,8H2,(H,12,14). The van der Waals surface area contributed by atoms with Crippen LogP contribution < -0.4 is 5.32 Å². The number of rotatable bonds is 4. The molecule has 0 saturated carbocycles. The van der Waals surface area contributed by atoms with Crippen LogP contribution in [0.5, 0.6) is 0 Å². The van der Waals surface area contributed by atoms with E-state index < -0.39 is 11.0 Å². The fourth-order valence-electron chi connectivity index (χ4n) is 1.02. The molecule has 0 aliphatic rings. The lowest BCUT2D eigenvalue weighted by atomic mass is 10.3. The molecule has 0 spiro atoms. The fourth-order valence-corrected chi connectivity index (χ4v) is 1.02. The molecular formula is C11H10N2O4. The van der Waals surface area contributed by atoms with Crippen molar-refractivity contribution in [3.05, 3.63) is 34.4 Å². The number of carbonyl (C=O) groups excluding carboxylic acids is 1. The summed E-state index contributed by atoms with van der Waals surface area (Å²) in [5.41, 5.74) is 0.373. The van der Waals surface area contributed by atoms with E-state index >= 15 is 0 Å². The number of hydrogen-bond donors (Lipinski definition) is 1. The second-order valence-electron chi connectivity index (χ2n) is 3.02. The number of terminal acetylenes is 1. The lowest BCUT2D eigenvalue weighted by Gasteiger charge is -2.05. The minimum Gasteiger partial charge on any atom is -0.448 e. The highest BCUT2D eigenvalue weighted by molar-refractivity contribution is 5.84. The second kappa shape index (κ2) is 6.12. The van der Waals surface area contributed by atoms with E-state index in [4.69, 9.17) is 11.2 Å². The Morgan fingerprint density at radius 2 is 2.12 bits per heavy atom. The number of benzene rings is 1. The normalized spacial score (nSPS) is 9.12. The van der Waals surface area contributed by atoms with Crippen molar-refractivity contribution in [1.29, 1.82) is 0 Å². The quantitative estimate of drug-likeness (QED) is 0.374. The predicted molar refractivity (Wildman–Crippen MR) is 61.5 cm³/mol. The van der Waals surface area contributed by atoms with Crippen LogP contribution in [0.3, 0.4) is 0 Å². The van der Waals surface area contributed by atoms with E-state index in [9.17, 15) is 14.9 Å². The summed E-state index contributed by atoms with van der Waals surface area (Å²) in [6, 6.07) is 5.41. The highest BCUT2D eigenvalue weighted by Gasteiger charge is 2.06. The molecule has 1 aromatic rings. The number of nitro groups is 1. The molecule has 1 amide bonds. The van der Waals surface area contributed by atoms with Crippen LogP contribution in [-0.2, 0) is 4.74 Å². The molecule has 0 bridgehead atoms. The van der Waals surface area contributed by atoms with E-state index in [0.717, 1.165) is 0 Å². The van der Waals surface area contributed by atoms with Crippen molar-refractivity contribution in [3.8, 4) is 12.3 Å². The largest absolute Gasteiger partial charge is 0.448 e. The van der Waals surface area contributed by atoms with Gasteiger partial charge in [0.15, 0.2) is 0 Å². The van der Waals surface area contributed by atoms with Crippen LogP contribution >= 0.6 is 0 Å². The Bertz CT molecular complexity index is 448. The Kier molecular flexibility index (Phi) is 4.51. The van der Waals surface area contributed by atoms with Gasteiger partial charge in [0.25, 0.3) is 5.69 Å². The zero-order valence-electron chi connectivity index (χ0n) is 8.88. The zero-order valence-corrected chi connectivity index (χ0v) is 8.88. The molecule has 1 rings (SSSR count). The van der Waals surface area contributed by atoms with Crippen LogP contribution in [0.2, 0.25) is 0 Å². The molecule has 0 saturated heterocycles. The highest BCUT2D eigenvalue weighted by atomic mass is 16.6. The first-order chi connectivity index (χ1) is 8.13. The number of nitrogens with zero attached hydrogens (tertiary/aromatic N) is 1. The summed E-state index contributed by atoms with van der Waals surface area (Å²) in [7, 11) is 0. The van der Waals surface area contributed by atoms with Gasteiger partial charge in [-0.25, -0.2) is 4.79 Å². The molecule has 0 radical (unpaired) electrons. The molecule has 0 heterocycles. The van der Waals surface area contributed by atoms with Crippen molar-refractivity contribution in [2.45, 2.75) is 6.42 Å². The summed E-state index contributed by atoms with van der Waals surface area (Å²) < 4.78 is 4.74. The number of amides is 1. The number of anilines is 1. The fraction of sp³-hybridized carbons (Fsp3) is 0.182. The molecule has 1 aromatic carbocycles. The molecular weight excluding hydrogens is 224 g/mol. The van der Waals surface area contributed by atoms with Gasteiger partial charge in [-0.15, -0.1) is 12.3 Å². The third-order valence-electron chi connectivity index (χ3n) is 1.80. The number of ether oxygens (including phenoxy) is 1. The van der Waals surface area contributed by atoms with Crippen molar-refractivity contribution in [2.24, 2.45) is 0 Å². The summed E-state index contributed by atoms with van der Waals surface area (Å²) in [4.78, 5) is 21.0. The first-order valence-corrected chi connectivity index (χ1v) is 4.75. The van der Waals surface area contributed by atoms with Gasteiger partial charge >= 0.3 is 6.09 Å². The highest BCUT2D eigenvalue weighted by Crippen LogP contribution is 2.15. The average Bonchev–Trinajstić information content (AvgIpc) is 2.30. The molecule has 1 N–H and O–H groups in total. The smallest absolute Gasteiger partial charge is 0.411 e. The van der Waals surface area contributed by atoms with E-state index in [1.54, 1.807) is 0 Å². The molecule has 88 valence electrons. The van der Waals surface area contributed by atoms with Crippen molar-refractivity contribution in [1.82, 2.24) is 0 Å². The molecule has 0 atom stereocenters.